The zero-order chi connectivity index (χ0) is 13.7. The summed E-state index contributed by atoms with van der Waals surface area (Å²) in [7, 11) is 0. The number of nitrogens with one attached hydrogen (secondary N) is 1. The Kier molecular flexibility index (Phi) is 5.16. The summed E-state index contributed by atoms with van der Waals surface area (Å²) in [5.74, 6) is 7.76. The van der Waals surface area contributed by atoms with Gasteiger partial charge in [0.25, 0.3) is 0 Å². The fourth-order valence-corrected chi connectivity index (χ4v) is 2.87. The lowest BCUT2D eigenvalue weighted by Gasteiger charge is -2.21. The van der Waals surface area contributed by atoms with Crippen LogP contribution in [0.2, 0.25) is 0 Å². The minimum Gasteiger partial charge on any atom is -0.308 e. The number of hydrazine groups is 1. The van der Waals surface area contributed by atoms with Crippen LogP contribution in [0.5, 0.6) is 0 Å². The van der Waals surface area contributed by atoms with Gasteiger partial charge in [0.2, 0.25) is 0 Å². The third kappa shape index (κ3) is 4.18. The molecule has 0 aliphatic carbocycles. The van der Waals surface area contributed by atoms with E-state index in [-0.39, 0.29) is 0 Å². The van der Waals surface area contributed by atoms with Crippen molar-refractivity contribution >= 4 is 5.82 Å². The van der Waals surface area contributed by atoms with Crippen molar-refractivity contribution in [2.24, 2.45) is 17.7 Å². The van der Waals surface area contributed by atoms with E-state index in [1.807, 2.05) is 12.3 Å². The number of likely N-dealkylation sites (tertiary alicyclic amines) is 1. The molecule has 0 spiro atoms. The summed E-state index contributed by atoms with van der Waals surface area (Å²) in [6.07, 6.45) is 5.94. The third-order valence-electron chi connectivity index (χ3n) is 4.19. The highest BCUT2D eigenvalue weighted by molar-refractivity contribution is 5.33. The quantitative estimate of drug-likeness (QED) is 0.647. The molecule has 1 unspecified atom stereocenters. The summed E-state index contributed by atoms with van der Waals surface area (Å²) >= 11 is 0. The second-order valence-corrected chi connectivity index (χ2v) is 5.91. The average Bonchev–Trinajstić information content (AvgIpc) is 2.65. The van der Waals surface area contributed by atoms with Gasteiger partial charge in [-0.25, -0.2) is 10.8 Å². The Hall–Kier alpha value is -1.13. The Bertz CT molecular complexity index is 374. The number of nitrogen functional groups attached to an aromatic ring is 1. The summed E-state index contributed by atoms with van der Waals surface area (Å²) in [4.78, 5) is 6.82. The van der Waals surface area contributed by atoms with Crippen LogP contribution in [0.15, 0.2) is 18.3 Å². The highest BCUT2D eigenvalue weighted by Crippen LogP contribution is 2.25. The topological polar surface area (TPSA) is 54.2 Å². The molecule has 0 radical (unpaired) electrons. The molecule has 1 aliphatic heterocycles. The second-order valence-electron chi connectivity index (χ2n) is 5.91. The van der Waals surface area contributed by atoms with E-state index in [9.17, 15) is 0 Å². The van der Waals surface area contributed by atoms with E-state index < -0.39 is 0 Å². The number of anilines is 1. The minimum absolute atomic E-state index is 0.722. The van der Waals surface area contributed by atoms with Gasteiger partial charge in [-0.05, 0) is 55.8 Å². The van der Waals surface area contributed by atoms with E-state index in [1.165, 1.54) is 37.9 Å². The number of hydrogen-bond donors (Lipinski definition) is 2. The Balaban J connectivity index is 1.88. The van der Waals surface area contributed by atoms with Crippen molar-refractivity contribution in [2.75, 3.05) is 18.5 Å². The summed E-state index contributed by atoms with van der Waals surface area (Å²) in [6, 6.07) is 4.04. The van der Waals surface area contributed by atoms with Crippen molar-refractivity contribution in [1.82, 2.24) is 9.88 Å². The SMILES string of the molecule is CC(C)C1CCCN(Cc2ccc(NN)nc2)CC1. The van der Waals surface area contributed by atoms with Crippen LogP contribution in [-0.2, 0) is 6.54 Å². The zero-order valence-corrected chi connectivity index (χ0v) is 12.1. The van der Waals surface area contributed by atoms with Crippen molar-refractivity contribution < 1.29 is 0 Å². The molecule has 106 valence electrons. The zero-order valence-electron chi connectivity index (χ0n) is 12.1. The molecule has 3 N–H and O–H groups in total. The summed E-state index contributed by atoms with van der Waals surface area (Å²) < 4.78 is 0. The number of pyridine rings is 1. The lowest BCUT2D eigenvalue weighted by atomic mass is 9.89. The van der Waals surface area contributed by atoms with Crippen molar-refractivity contribution in [3.8, 4) is 0 Å². The summed E-state index contributed by atoms with van der Waals surface area (Å²) in [5.41, 5.74) is 3.83. The molecule has 1 fully saturated rings. The molecule has 0 bridgehead atoms. The van der Waals surface area contributed by atoms with Crippen LogP contribution in [0.25, 0.3) is 0 Å². The minimum atomic E-state index is 0.722. The predicted octanol–water partition coefficient (Wildman–Crippen LogP) is 2.63. The highest BCUT2D eigenvalue weighted by Gasteiger charge is 2.19. The molecular formula is C15H26N4. The smallest absolute Gasteiger partial charge is 0.139 e. The van der Waals surface area contributed by atoms with E-state index >= 15 is 0 Å². The van der Waals surface area contributed by atoms with Crippen LogP contribution in [-0.4, -0.2) is 23.0 Å². The first-order valence-corrected chi connectivity index (χ1v) is 7.33. The van der Waals surface area contributed by atoms with Crippen molar-refractivity contribution in [3.63, 3.8) is 0 Å². The predicted molar refractivity (Wildman–Crippen MR) is 79.5 cm³/mol. The molecule has 19 heavy (non-hydrogen) atoms. The van der Waals surface area contributed by atoms with Crippen LogP contribution < -0.4 is 11.3 Å². The largest absolute Gasteiger partial charge is 0.308 e. The van der Waals surface area contributed by atoms with Crippen LogP contribution >= 0.6 is 0 Å². The van der Waals surface area contributed by atoms with Gasteiger partial charge in [-0.1, -0.05) is 19.9 Å². The van der Waals surface area contributed by atoms with E-state index in [4.69, 9.17) is 5.84 Å². The maximum atomic E-state index is 5.33. The monoisotopic (exact) mass is 262 g/mol. The molecule has 0 amide bonds. The van der Waals surface area contributed by atoms with E-state index in [0.717, 1.165) is 24.2 Å². The Morgan fingerprint density at radius 2 is 2.21 bits per heavy atom. The fraction of sp³-hybridized carbons (Fsp3) is 0.667. The molecule has 1 saturated heterocycles. The summed E-state index contributed by atoms with van der Waals surface area (Å²) in [5, 5.41) is 0. The van der Waals surface area contributed by atoms with Gasteiger partial charge >= 0.3 is 0 Å². The van der Waals surface area contributed by atoms with Gasteiger partial charge in [0.1, 0.15) is 5.82 Å². The average molecular weight is 262 g/mol. The number of hydrogen-bond acceptors (Lipinski definition) is 4. The summed E-state index contributed by atoms with van der Waals surface area (Å²) in [6.45, 7) is 8.12. The van der Waals surface area contributed by atoms with Gasteiger partial charge in [-0.2, -0.15) is 0 Å². The standard InChI is InChI=1S/C15H26N4/c1-12(2)14-4-3-8-19(9-7-14)11-13-5-6-15(18-16)17-10-13/h5-6,10,12,14H,3-4,7-9,11,16H2,1-2H3,(H,17,18). The maximum absolute atomic E-state index is 5.33. The number of rotatable bonds is 4. The third-order valence-corrected chi connectivity index (χ3v) is 4.19. The normalized spacial score (nSPS) is 21.4. The molecule has 0 saturated carbocycles. The Morgan fingerprint density at radius 1 is 1.37 bits per heavy atom. The second kappa shape index (κ2) is 6.87. The van der Waals surface area contributed by atoms with Crippen LogP contribution in [0.3, 0.4) is 0 Å². The van der Waals surface area contributed by atoms with Gasteiger partial charge in [-0.15, -0.1) is 0 Å². The van der Waals surface area contributed by atoms with Gasteiger partial charge < -0.3 is 5.43 Å². The van der Waals surface area contributed by atoms with Crippen LogP contribution in [0.4, 0.5) is 5.82 Å². The Labute approximate surface area is 116 Å². The van der Waals surface area contributed by atoms with Gasteiger partial charge in [-0.3, -0.25) is 4.90 Å². The fourth-order valence-electron chi connectivity index (χ4n) is 2.87. The molecule has 2 heterocycles. The van der Waals surface area contributed by atoms with Crippen molar-refractivity contribution in [2.45, 2.75) is 39.7 Å². The first-order chi connectivity index (χ1) is 9.19. The number of nitrogens with two attached hydrogens (primary N) is 1. The lowest BCUT2D eigenvalue weighted by Crippen LogP contribution is -2.24. The van der Waals surface area contributed by atoms with E-state index in [0.29, 0.717) is 0 Å². The molecule has 4 nitrogen and oxygen atoms in total. The van der Waals surface area contributed by atoms with Gasteiger partial charge in [0, 0.05) is 12.7 Å². The van der Waals surface area contributed by atoms with Crippen LogP contribution in [0.1, 0.15) is 38.7 Å². The first-order valence-electron chi connectivity index (χ1n) is 7.33. The van der Waals surface area contributed by atoms with E-state index in [2.05, 4.69) is 35.2 Å². The molecule has 1 aromatic rings. The molecule has 0 aromatic carbocycles. The molecule has 2 rings (SSSR count). The highest BCUT2D eigenvalue weighted by atomic mass is 15.2. The van der Waals surface area contributed by atoms with Crippen molar-refractivity contribution in [1.29, 1.82) is 0 Å². The number of aromatic nitrogens is 1. The van der Waals surface area contributed by atoms with Gasteiger partial charge in [0.15, 0.2) is 0 Å². The van der Waals surface area contributed by atoms with Gasteiger partial charge in [0.05, 0.1) is 0 Å². The Morgan fingerprint density at radius 3 is 2.84 bits per heavy atom. The van der Waals surface area contributed by atoms with Crippen molar-refractivity contribution in [3.05, 3.63) is 23.9 Å². The molecule has 1 atom stereocenters. The van der Waals surface area contributed by atoms with E-state index in [1.54, 1.807) is 0 Å². The molecule has 4 heteroatoms. The molecular weight excluding hydrogens is 236 g/mol. The maximum Gasteiger partial charge on any atom is 0.139 e. The first kappa shape index (κ1) is 14.3. The molecule has 1 aromatic heterocycles. The lowest BCUT2D eigenvalue weighted by molar-refractivity contribution is 0.264. The number of nitrogens with zero attached hydrogens (tertiary/aromatic N) is 2. The molecule has 1 aliphatic rings. The van der Waals surface area contributed by atoms with Crippen LogP contribution in [0, 0.1) is 11.8 Å².